The topological polar surface area (TPSA) is 34.4 Å². The highest BCUT2D eigenvalue weighted by Crippen LogP contribution is 2.27. The van der Waals surface area contributed by atoms with E-state index in [0.717, 1.165) is 22.8 Å². The zero-order valence-electron chi connectivity index (χ0n) is 11.9. The number of hydrogen-bond acceptors (Lipinski definition) is 3. The molecule has 1 unspecified atom stereocenters. The lowest BCUT2D eigenvalue weighted by molar-refractivity contribution is 0.375. The Hall–Kier alpha value is -1.74. The fraction of sp³-hybridized carbons (Fsp3) is 0.375. The van der Waals surface area contributed by atoms with Crippen LogP contribution in [0.4, 0.5) is 0 Å². The maximum atomic E-state index is 5.64. The SMILES string of the molecule is COc1ccccc1[C@@H](C)NC(C)c1ccc(C)o1. The van der Waals surface area contributed by atoms with Gasteiger partial charge in [0.25, 0.3) is 0 Å². The molecule has 3 heteroatoms. The van der Waals surface area contributed by atoms with E-state index in [-0.39, 0.29) is 12.1 Å². The molecule has 0 fully saturated rings. The summed E-state index contributed by atoms with van der Waals surface area (Å²) in [4.78, 5) is 0. The summed E-state index contributed by atoms with van der Waals surface area (Å²) in [6.45, 7) is 6.19. The summed E-state index contributed by atoms with van der Waals surface area (Å²) < 4.78 is 11.0. The highest BCUT2D eigenvalue weighted by Gasteiger charge is 2.16. The molecule has 0 aliphatic rings. The van der Waals surface area contributed by atoms with Crippen LogP contribution in [0, 0.1) is 6.92 Å². The van der Waals surface area contributed by atoms with Crippen LogP contribution in [0.1, 0.15) is 43.0 Å². The number of ether oxygens (including phenoxy) is 1. The molecule has 2 rings (SSSR count). The predicted octanol–water partition coefficient (Wildman–Crippen LogP) is 4.01. The number of para-hydroxylation sites is 1. The Labute approximate surface area is 114 Å². The van der Waals surface area contributed by atoms with E-state index in [1.807, 2.05) is 37.3 Å². The van der Waals surface area contributed by atoms with Gasteiger partial charge in [-0.3, -0.25) is 0 Å². The number of aryl methyl sites for hydroxylation is 1. The van der Waals surface area contributed by atoms with Gasteiger partial charge in [-0.1, -0.05) is 18.2 Å². The number of rotatable bonds is 5. The van der Waals surface area contributed by atoms with E-state index in [1.54, 1.807) is 7.11 Å². The first-order valence-electron chi connectivity index (χ1n) is 6.57. The highest BCUT2D eigenvalue weighted by molar-refractivity contribution is 5.35. The van der Waals surface area contributed by atoms with Crippen molar-refractivity contribution in [3.05, 3.63) is 53.5 Å². The normalized spacial score (nSPS) is 14.1. The van der Waals surface area contributed by atoms with Gasteiger partial charge in [-0.25, -0.2) is 0 Å². The van der Waals surface area contributed by atoms with Crippen molar-refractivity contribution in [2.24, 2.45) is 0 Å². The van der Waals surface area contributed by atoms with Gasteiger partial charge in [0.1, 0.15) is 17.3 Å². The van der Waals surface area contributed by atoms with Gasteiger partial charge in [0, 0.05) is 11.6 Å². The lowest BCUT2D eigenvalue weighted by Crippen LogP contribution is -2.22. The van der Waals surface area contributed by atoms with Crippen LogP contribution in [0.3, 0.4) is 0 Å². The Morgan fingerprint density at radius 1 is 1.05 bits per heavy atom. The summed E-state index contributed by atoms with van der Waals surface area (Å²) in [5, 5.41) is 3.53. The largest absolute Gasteiger partial charge is 0.496 e. The smallest absolute Gasteiger partial charge is 0.123 e. The molecule has 0 aliphatic heterocycles. The van der Waals surface area contributed by atoms with Crippen molar-refractivity contribution in [3.63, 3.8) is 0 Å². The van der Waals surface area contributed by atoms with E-state index >= 15 is 0 Å². The van der Waals surface area contributed by atoms with Gasteiger partial charge in [0.15, 0.2) is 0 Å². The zero-order chi connectivity index (χ0) is 13.8. The third kappa shape index (κ3) is 3.18. The Bertz CT molecular complexity index is 533. The van der Waals surface area contributed by atoms with Crippen LogP contribution in [0.5, 0.6) is 5.75 Å². The highest BCUT2D eigenvalue weighted by atomic mass is 16.5. The summed E-state index contributed by atoms with van der Waals surface area (Å²) in [7, 11) is 1.70. The molecule has 0 aliphatic carbocycles. The molecule has 1 heterocycles. The minimum atomic E-state index is 0.161. The molecule has 102 valence electrons. The first-order chi connectivity index (χ1) is 9.11. The summed E-state index contributed by atoms with van der Waals surface area (Å²) in [5.74, 6) is 2.80. The molecule has 0 bridgehead atoms. The standard InChI is InChI=1S/C16H21NO2/c1-11-9-10-15(19-11)13(3)17-12(2)14-7-5-6-8-16(14)18-4/h5-10,12-13,17H,1-4H3/t12-,13?/m1/s1. The van der Waals surface area contributed by atoms with Crippen molar-refractivity contribution in [1.82, 2.24) is 5.32 Å². The van der Waals surface area contributed by atoms with Gasteiger partial charge >= 0.3 is 0 Å². The first-order valence-corrected chi connectivity index (χ1v) is 6.57. The molecule has 0 spiro atoms. The second-order valence-electron chi connectivity index (χ2n) is 4.80. The van der Waals surface area contributed by atoms with Crippen molar-refractivity contribution in [3.8, 4) is 5.75 Å². The molecule has 3 nitrogen and oxygen atoms in total. The molecule has 0 saturated heterocycles. The van der Waals surface area contributed by atoms with Crippen molar-refractivity contribution in [2.75, 3.05) is 7.11 Å². The van der Waals surface area contributed by atoms with Crippen LogP contribution < -0.4 is 10.1 Å². The number of nitrogens with one attached hydrogen (secondary N) is 1. The monoisotopic (exact) mass is 259 g/mol. The number of methoxy groups -OCH3 is 1. The van der Waals surface area contributed by atoms with Crippen LogP contribution >= 0.6 is 0 Å². The van der Waals surface area contributed by atoms with E-state index in [2.05, 4.69) is 25.2 Å². The van der Waals surface area contributed by atoms with Crippen LogP contribution in [-0.4, -0.2) is 7.11 Å². The van der Waals surface area contributed by atoms with Crippen LogP contribution in [-0.2, 0) is 0 Å². The zero-order valence-corrected chi connectivity index (χ0v) is 11.9. The van der Waals surface area contributed by atoms with Crippen LogP contribution in [0.15, 0.2) is 40.8 Å². The van der Waals surface area contributed by atoms with Gasteiger partial charge in [0.2, 0.25) is 0 Å². The van der Waals surface area contributed by atoms with Gasteiger partial charge in [-0.05, 0) is 39.0 Å². The summed E-state index contributed by atoms with van der Waals surface area (Å²) in [5.41, 5.74) is 1.15. The number of hydrogen-bond donors (Lipinski definition) is 1. The van der Waals surface area contributed by atoms with Gasteiger partial charge in [-0.2, -0.15) is 0 Å². The molecular formula is C16H21NO2. The Morgan fingerprint density at radius 3 is 2.42 bits per heavy atom. The fourth-order valence-corrected chi connectivity index (χ4v) is 2.26. The van der Waals surface area contributed by atoms with Crippen LogP contribution in [0.25, 0.3) is 0 Å². The minimum absolute atomic E-state index is 0.161. The Kier molecular flexibility index (Phi) is 4.27. The van der Waals surface area contributed by atoms with E-state index in [0.29, 0.717) is 0 Å². The molecule has 0 radical (unpaired) electrons. The maximum Gasteiger partial charge on any atom is 0.123 e. The van der Waals surface area contributed by atoms with Gasteiger partial charge < -0.3 is 14.5 Å². The third-order valence-electron chi connectivity index (χ3n) is 3.29. The van der Waals surface area contributed by atoms with Crippen molar-refractivity contribution in [1.29, 1.82) is 0 Å². The number of furan rings is 1. The van der Waals surface area contributed by atoms with Gasteiger partial charge in [-0.15, -0.1) is 0 Å². The molecule has 1 N–H and O–H groups in total. The molecular weight excluding hydrogens is 238 g/mol. The first kappa shape index (κ1) is 13.7. The quantitative estimate of drug-likeness (QED) is 0.881. The lowest BCUT2D eigenvalue weighted by atomic mass is 10.1. The summed E-state index contributed by atoms with van der Waals surface area (Å²) in [6.07, 6.45) is 0. The van der Waals surface area contributed by atoms with Crippen molar-refractivity contribution in [2.45, 2.75) is 32.9 Å². The third-order valence-corrected chi connectivity index (χ3v) is 3.29. The van der Waals surface area contributed by atoms with E-state index in [4.69, 9.17) is 9.15 Å². The predicted molar refractivity (Wildman–Crippen MR) is 76.4 cm³/mol. The fourth-order valence-electron chi connectivity index (χ4n) is 2.26. The van der Waals surface area contributed by atoms with E-state index < -0.39 is 0 Å². The van der Waals surface area contributed by atoms with Crippen molar-refractivity contribution < 1.29 is 9.15 Å². The van der Waals surface area contributed by atoms with E-state index in [9.17, 15) is 0 Å². The second-order valence-corrected chi connectivity index (χ2v) is 4.80. The average Bonchev–Trinajstić information content (AvgIpc) is 2.85. The molecule has 19 heavy (non-hydrogen) atoms. The minimum Gasteiger partial charge on any atom is -0.496 e. The summed E-state index contributed by atoms with van der Waals surface area (Å²) in [6, 6.07) is 12.4. The molecule has 1 aromatic carbocycles. The van der Waals surface area contributed by atoms with Crippen molar-refractivity contribution >= 4 is 0 Å². The molecule has 2 aromatic rings. The van der Waals surface area contributed by atoms with E-state index in [1.165, 1.54) is 0 Å². The molecule has 0 amide bonds. The maximum absolute atomic E-state index is 5.64. The Balaban J connectivity index is 2.10. The summed E-state index contributed by atoms with van der Waals surface area (Å²) >= 11 is 0. The number of benzene rings is 1. The lowest BCUT2D eigenvalue weighted by Gasteiger charge is -2.20. The molecule has 2 atom stereocenters. The van der Waals surface area contributed by atoms with Gasteiger partial charge in [0.05, 0.1) is 13.2 Å². The van der Waals surface area contributed by atoms with Crippen LogP contribution in [0.2, 0.25) is 0 Å². The Morgan fingerprint density at radius 2 is 1.79 bits per heavy atom. The second kappa shape index (κ2) is 5.93. The molecule has 0 saturated carbocycles. The average molecular weight is 259 g/mol. The molecule has 1 aromatic heterocycles.